The fraction of sp³-hybridized carbons (Fsp3) is 0. The molecule has 1 heterocycles. The minimum Gasteiger partial charge on any atom is -0.413 e. The first-order valence-corrected chi connectivity index (χ1v) is 3.18. The molecule has 4 N–H and O–H groups in total. The van der Waals surface area contributed by atoms with E-state index in [1.807, 2.05) is 0 Å². The number of nitrogens with two attached hydrogens (primary N) is 2. The molecule has 0 aliphatic rings. The van der Waals surface area contributed by atoms with Crippen molar-refractivity contribution >= 4 is 18.7 Å². The van der Waals surface area contributed by atoms with Gasteiger partial charge in [-0.3, -0.25) is 0 Å². The summed E-state index contributed by atoms with van der Waals surface area (Å²) in [6.45, 7) is 0. The van der Waals surface area contributed by atoms with Gasteiger partial charge in [0.1, 0.15) is 0 Å². The van der Waals surface area contributed by atoms with Crippen LogP contribution in [0.3, 0.4) is 0 Å². The molecule has 1 aromatic heterocycles. The largest absolute Gasteiger partial charge is 0.677 e. The van der Waals surface area contributed by atoms with E-state index in [1.165, 1.54) is 6.07 Å². The van der Waals surface area contributed by atoms with Crippen LogP contribution in [0.5, 0.6) is 0 Å². The SMILES string of the molecule is Nc1cccc(N)[n+]1[B-](F)(F)F. The van der Waals surface area contributed by atoms with E-state index < -0.39 is 18.7 Å². The van der Waals surface area contributed by atoms with Crippen LogP contribution in [-0.2, 0) is 0 Å². The van der Waals surface area contributed by atoms with E-state index in [2.05, 4.69) is 0 Å². The average Bonchev–Trinajstić information content (AvgIpc) is 1.82. The third-order valence-corrected chi connectivity index (χ3v) is 1.38. The second-order valence-corrected chi connectivity index (χ2v) is 2.29. The summed E-state index contributed by atoms with van der Waals surface area (Å²) in [4.78, 5) is 0. The van der Waals surface area contributed by atoms with E-state index in [0.29, 0.717) is 0 Å². The summed E-state index contributed by atoms with van der Waals surface area (Å²) >= 11 is 0. The lowest BCUT2D eigenvalue weighted by molar-refractivity contribution is -0.545. The van der Waals surface area contributed by atoms with Crippen LogP contribution in [0.2, 0.25) is 0 Å². The molecular weight excluding hydrogens is 170 g/mol. The molecule has 1 aromatic rings. The van der Waals surface area contributed by atoms with Gasteiger partial charge in [-0.2, -0.15) is 0 Å². The van der Waals surface area contributed by atoms with Crippen LogP contribution in [0.25, 0.3) is 0 Å². The first-order chi connectivity index (χ1) is 5.43. The summed E-state index contributed by atoms with van der Waals surface area (Å²) in [5.41, 5.74) is 10.2. The van der Waals surface area contributed by atoms with Crippen LogP contribution < -0.4 is 15.9 Å². The van der Waals surface area contributed by atoms with Gasteiger partial charge < -0.3 is 28.9 Å². The Bertz CT molecular complexity index is 278. The van der Waals surface area contributed by atoms with Crippen LogP contribution >= 0.6 is 0 Å². The molecule has 0 fully saturated rings. The minimum atomic E-state index is -5.19. The van der Waals surface area contributed by atoms with Gasteiger partial charge in [0, 0.05) is 12.1 Å². The van der Waals surface area contributed by atoms with Crippen molar-refractivity contribution < 1.29 is 17.4 Å². The highest BCUT2D eigenvalue weighted by molar-refractivity contribution is 6.49. The van der Waals surface area contributed by atoms with Crippen molar-refractivity contribution in [2.75, 3.05) is 11.5 Å². The van der Waals surface area contributed by atoms with Crippen molar-refractivity contribution in [2.24, 2.45) is 0 Å². The van der Waals surface area contributed by atoms with Crippen molar-refractivity contribution in [2.45, 2.75) is 0 Å². The van der Waals surface area contributed by atoms with Crippen LogP contribution in [0.4, 0.5) is 24.6 Å². The van der Waals surface area contributed by atoms with Gasteiger partial charge >= 0.3 is 7.11 Å². The number of pyridine rings is 1. The van der Waals surface area contributed by atoms with Gasteiger partial charge in [-0.15, -0.1) is 0 Å². The minimum absolute atomic E-state index is 0.0278. The molecule has 0 spiro atoms. The summed E-state index contributed by atoms with van der Waals surface area (Å²) in [5.74, 6) is -0.801. The lowest BCUT2D eigenvalue weighted by atomic mass is 10.1. The van der Waals surface area contributed by atoms with Crippen LogP contribution in [0.15, 0.2) is 18.2 Å². The number of anilines is 2. The highest BCUT2D eigenvalue weighted by Gasteiger charge is 2.35. The van der Waals surface area contributed by atoms with Gasteiger partial charge in [-0.25, -0.2) is 0 Å². The molecule has 0 saturated carbocycles. The van der Waals surface area contributed by atoms with Crippen molar-refractivity contribution in [3.63, 3.8) is 0 Å². The second kappa shape index (κ2) is 2.58. The molecule has 0 atom stereocenters. The van der Waals surface area contributed by atoms with E-state index in [-0.39, 0.29) is 4.48 Å². The topological polar surface area (TPSA) is 55.9 Å². The number of aromatic nitrogens is 1. The maximum absolute atomic E-state index is 12.2. The van der Waals surface area contributed by atoms with Crippen molar-refractivity contribution in [3.05, 3.63) is 18.2 Å². The molecule has 0 aromatic carbocycles. The van der Waals surface area contributed by atoms with Gasteiger partial charge in [0.25, 0.3) is 0 Å². The van der Waals surface area contributed by atoms with Gasteiger partial charge in [0.2, 0.25) is 0 Å². The van der Waals surface area contributed by atoms with Gasteiger partial charge in [0.05, 0.1) is 0 Å². The molecule has 0 aliphatic carbocycles. The van der Waals surface area contributed by atoms with E-state index in [9.17, 15) is 12.9 Å². The Balaban J connectivity index is 3.31. The first kappa shape index (κ1) is 8.70. The van der Waals surface area contributed by atoms with Gasteiger partial charge in [0.15, 0.2) is 11.6 Å². The van der Waals surface area contributed by atoms with Crippen LogP contribution in [-0.4, -0.2) is 7.11 Å². The fourth-order valence-corrected chi connectivity index (χ4v) is 0.893. The summed E-state index contributed by atoms with van der Waals surface area (Å²) in [5, 5.41) is 0. The van der Waals surface area contributed by atoms with Crippen LogP contribution in [0.1, 0.15) is 0 Å². The Morgan fingerprint density at radius 3 is 1.75 bits per heavy atom. The van der Waals surface area contributed by atoms with Gasteiger partial charge in [-0.1, -0.05) is 0 Å². The Kier molecular flexibility index (Phi) is 1.87. The van der Waals surface area contributed by atoms with Crippen molar-refractivity contribution in [1.29, 1.82) is 0 Å². The van der Waals surface area contributed by atoms with Crippen LogP contribution in [0, 0.1) is 0 Å². The molecule has 0 bridgehead atoms. The number of halogens is 3. The smallest absolute Gasteiger partial charge is 0.413 e. The third kappa shape index (κ3) is 1.44. The zero-order chi connectivity index (χ0) is 9.35. The maximum Gasteiger partial charge on any atom is 0.677 e. The summed E-state index contributed by atoms with van der Waals surface area (Å²) in [7, 11) is -5.19. The fourth-order valence-electron chi connectivity index (χ4n) is 0.893. The van der Waals surface area contributed by atoms with E-state index >= 15 is 0 Å². The molecule has 3 nitrogen and oxygen atoms in total. The predicted molar refractivity (Wildman–Crippen MR) is 39.9 cm³/mol. The maximum atomic E-state index is 12.2. The molecule has 0 amide bonds. The molecule has 0 radical (unpaired) electrons. The second-order valence-electron chi connectivity index (χ2n) is 2.29. The standard InChI is InChI=1S/C5H7BF3N3/c7-6(8,9)12-4(10)2-1-3-5(12)11/h1-3H,10-11H2. The normalized spacial score (nSPS) is 11.6. The van der Waals surface area contributed by atoms with Gasteiger partial charge in [-0.05, 0) is 6.07 Å². The quantitative estimate of drug-likeness (QED) is 0.607. The number of hydrogen-bond acceptors (Lipinski definition) is 2. The third-order valence-electron chi connectivity index (χ3n) is 1.38. The summed E-state index contributed by atoms with van der Waals surface area (Å²) < 4.78 is 36.5. The monoisotopic (exact) mass is 177 g/mol. The zero-order valence-corrected chi connectivity index (χ0v) is 6.05. The zero-order valence-electron chi connectivity index (χ0n) is 6.05. The van der Waals surface area contributed by atoms with Crippen molar-refractivity contribution in [3.8, 4) is 0 Å². The molecule has 0 unspecified atom stereocenters. The lowest BCUT2D eigenvalue weighted by Crippen LogP contribution is -2.58. The Morgan fingerprint density at radius 2 is 1.50 bits per heavy atom. The molecule has 1 rings (SSSR count). The number of rotatable bonds is 1. The first-order valence-electron chi connectivity index (χ1n) is 3.18. The lowest BCUT2D eigenvalue weighted by Gasteiger charge is -2.17. The summed E-state index contributed by atoms with van der Waals surface area (Å²) in [6, 6.07) is 3.65. The predicted octanol–water partition coefficient (Wildman–Crippen LogP) is 0.331. The number of nitrogen functional groups attached to an aromatic ring is 2. The summed E-state index contributed by atoms with van der Waals surface area (Å²) in [6.07, 6.45) is 0. The van der Waals surface area contributed by atoms with E-state index in [4.69, 9.17) is 11.5 Å². The van der Waals surface area contributed by atoms with E-state index in [0.717, 1.165) is 12.1 Å². The Hall–Kier alpha value is -1.40. The molecule has 0 saturated heterocycles. The highest BCUT2D eigenvalue weighted by atomic mass is 19.4. The van der Waals surface area contributed by atoms with Crippen molar-refractivity contribution in [1.82, 2.24) is 0 Å². The number of hydrogen-bond donors (Lipinski definition) is 2. The molecule has 66 valence electrons. The average molecular weight is 177 g/mol. The Labute approximate surface area is 66.9 Å². The Morgan fingerprint density at radius 1 is 1.08 bits per heavy atom. The number of nitrogens with zero attached hydrogens (tertiary/aromatic N) is 1. The molecule has 7 heteroatoms. The highest BCUT2D eigenvalue weighted by Crippen LogP contribution is 2.10. The van der Waals surface area contributed by atoms with E-state index in [1.54, 1.807) is 0 Å². The molecular formula is C5H7BF3N3. The molecule has 0 aliphatic heterocycles. The molecule has 12 heavy (non-hydrogen) atoms.